The Kier molecular flexibility index (Phi) is 3.97. The molecule has 1 aliphatic rings. The minimum atomic E-state index is 0.904. The van der Waals surface area contributed by atoms with Crippen LogP contribution in [-0.4, -0.2) is 18.1 Å². The molecule has 3 nitrogen and oxygen atoms in total. The fourth-order valence-electron chi connectivity index (χ4n) is 2.76. The molecule has 0 amide bonds. The summed E-state index contributed by atoms with van der Waals surface area (Å²) in [6.45, 7) is 5.07. The van der Waals surface area contributed by atoms with Gasteiger partial charge in [-0.25, -0.2) is 4.98 Å². The number of benzene rings is 1. The van der Waals surface area contributed by atoms with E-state index in [0.29, 0.717) is 0 Å². The van der Waals surface area contributed by atoms with Crippen molar-refractivity contribution in [3.05, 3.63) is 53.7 Å². The number of hydrogen-bond acceptors (Lipinski definition) is 3. The third kappa shape index (κ3) is 2.68. The highest BCUT2D eigenvalue weighted by Gasteiger charge is 2.18. The average Bonchev–Trinajstić information content (AvgIpc) is 2.52. The highest BCUT2D eigenvalue weighted by atomic mass is 15.2. The Morgan fingerprint density at radius 3 is 3.05 bits per heavy atom. The number of hydrogen-bond donors (Lipinski definition) is 1. The first-order chi connectivity index (χ1) is 9.88. The highest BCUT2D eigenvalue weighted by molar-refractivity contribution is 5.65. The number of nitrogens with one attached hydrogen (secondary N) is 1. The minimum absolute atomic E-state index is 0.904. The second-order valence-corrected chi connectivity index (χ2v) is 5.19. The van der Waals surface area contributed by atoms with Crippen molar-refractivity contribution in [2.75, 3.05) is 18.0 Å². The lowest BCUT2D eigenvalue weighted by atomic mass is 10.0. The van der Waals surface area contributed by atoms with Crippen LogP contribution < -0.4 is 10.2 Å². The monoisotopic (exact) mass is 267 g/mol. The van der Waals surface area contributed by atoms with Crippen LogP contribution in [0.4, 0.5) is 11.5 Å². The normalized spacial score (nSPS) is 14.2. The van der Waals surface area contributed by atoms with E-state index in [0.717, 1.165) is 25.5 Å². The summed E-state index contributed by atoms with van der Waals surface area (Å²) in [6.07, 6.45) is 4.28. The Morgan fingerprint density at radius 1 is 1.25 bits per heavy atom. The van der Waals surface area contributed by atoms with Gasteiger partial charge < -0.3 is 10.2 Å². The van der Waals surface area contributed by atoms with Gasteiger partial charge in [-0.15, -0.1) is 0 Å². The third-order valence-electron chi connectivity index (χ3n) is 3.78. The first-order valence-electron chi connectivity index (χ1n) is 7.39. The molecule has 3 heteroatoms. The zero-order chi connectivity index (χ0) is 13.8. The predicted octanol–water partition coefficient (Wildman–Crippen LogP) is 3.28. The standard InChI is InChI=1S/C17H21N3/c1-2-18-13-14-9-10-19-17(12-14)20-11-5-7-15-6-3-4-8-16(15)20/h3-4,6,8-10,12,18H,2,5,7,11,13H2,1H3. The van der Waals surface area contributed by atoms with Crippen LogP contribution in [0, 0.1) is 0 Å². The molecule has 0 fully saturated rings. The van der Waals surface area contributed by atoms with E-state index < -0.39 is 0 Å². The number of aryl methyl sites for hydroxylation is 1. The minimum Gasteiger partial charge on any atom is -0.326 e. The molecule has 0 unspecified atom stereocenters. The second kappa shape index (κ2) is 6.06. The number of para-hydroxylation sites is 1. The predicted molar refractivity (Wildman–Crippen MR) is 83.4 cm³/mol. The molecule has 20 heavy (non-hydrogen) atoms. The van der Waals surface area contributed by atoms with Crippen LogP contribution in [0.25, 0.3) is 0 Å². The Hall–Kier alpha value is -1.87. The zero-order valence-electron chi connectivity index (χ0n) is 12.0. The van der Waals surface area contributed by atoms with Gasteiger partial charge in [-0.05, 0) is 48.7 Å². The Balaban J connectivity index is 1.90. The van der Waals surface area contributed by atoms with Crippen LogP contribution >= 0.6 is 0 Å². The maximum atomic E-state index is 4.57. The van der Waals surface area contributed by atoms with Gasteiger partial charge in [-0.3, -0.25) is 0 Å². The third-order valence-corrected chi connectivity index (χ3v) is 3.78. The molecule has 2 aromatic rings. The van der Waals surface area contributed by atoms with Crippen molar-refractivity contribution in [1.82, 2.24) is 10.3 Å². The SMILES string of the molecule is CCNCc1ccnc(N2CCCc3ccccc32)c1. The van der Waals surface area contributed by atoms with Crippen molar-refractivity contribution in [3.63, 3.8) is 0 Å². The first-order valence-corrected chi connectivity index (χ1v) is 7.39. The van der Waals surface area contributed by atoms with Crippen molar-refractivity contribution in [1.29, 1.82) is 0 Å². The van der Waals surface area contributed by atoms with Gasteiger partial charge >= 0.3 is 0 Å². The van der Waals surface area contributed by atoms with Gasteiger partial charge in [0.05, 0.1) is 0 Å². The van der Waals surface area contributed by atoms with Crippen LogP contribution in [0.15, 0.2) is 42.6 Å². The quantitative estimate of drug-likeness (QED) is 0.921. The number of anilines is 2. The van der Waals surface area contributed by atoms with Crippen molar-refractivity contribution in [2.45, 2.75) is 26.3 Å². The van der Waals surface area contributed by atoms with E-state index >= 15 is 0 Å². The molecule has 0 radical (unpaired) electrons. The van der Waals surface area contributed by atoms with Gasteiger partial charge in [0.25, 0.3) is 0 Å². The first kappa shape index (κ1) is 13.1. The molecule has 0 bridgehead atoms. The lowest BCUT2D eigenvalue weighted by molar-refractivity contribution is 0.723. The van der Waals surface area contributed by atoms with E-state index in [4.69, 9.17) is 0 Å². The summed E-state index contributed by atoms with van der Waals surface area (Å²) < 4.78 is 0. The summed E-state index contributed by atoms with van der Waals surface area (Å²) in [4.78, 5) is 6.91. The van der Waals surface area contributed by atoms with Crippen LogP contribution in [-0.2, 0) is 13.0 Å². The molecule has 0 spiro atoms. The van der Waals surface area contributed by atoms with Crippen LogP contribution in [0.2, 0.25) is 0 Å². The molecule has 0 saturated carbocycles. The number of aromatic nitrogens is 1. The van der Waals surface area contributed by atoms with E-state index in [2.05, 4.69) is 58.5 Å². The molecule has 104 valence electrons. The van der Waals surface area contributed by atoms with Crippen LogP contribution in [0.3, 0.4) is 0 Å². The summed E-state index contributed by atoms with van der Waals surface area (Å²) >= 11 is 0. The fourth-order valence-corrected chi connectivity index (χ4v) is 2.76. The van der Waals surface area contributed by atoms with Crippen LogP contribution in [0.1, 0.15) is 24.5 Å². The van der Waals surface area contributed by atoms with Gasteiger partial charge in [-0.2, -0.15) is 0 Å². The molecule has 1 aromatic carbocycles. The topological polar surface area (TPSA) is 28.2 Å². The summed E-state index contributed by atoms with van der Waals surface area (Å²) in [5, 5.41) is 3.37. The average molecular weight is 267 g/mol. The second-order valence-electron chi connectivity index (χ2n) is 5.19. The van der Waals surface area contributed by atoms with Crippen molar-refractivity contribution in [3.8, 4) is 0 Å². The van der Waals surface area contributed by atoms with E-state index in [9.17, 15) is 0 Å². The summed E-state index contributed by atoms with van der Waals surface area (Å²) in [7, 11) is 0. The molecule has 0 aliphatic carbocycles. The molecule has 1 aromatic heterocycles. The van der Waals surface area contributed by atoms with E-state index in [1.165, 1.54) is 29.7 Å². The zero-order valence-corrected chi connectivity index (χ0v) is 12.0. The molecule has 0 saturated heterocycles. The number of fused-ring (bicyclic) bond motifs is 1. The van der Waals surface area contributed by atoms with Gasteiger partial charge in [0, 0.05) is 25.0 Å². The van der Waals surface area contributed by atoms with Gasteiger partial charge in [0.2, 0.25) is 0 Å². The van der Waals surface area contributed by atoms with E-state index in [-0.39, 0.29) is 0 Å². The van der Waals surface area contributed by atoms with Gasteiger partial charge in [0.1, 0.15) is 5.82 Å². The smallest absolute Gasteiger partial charge is 0.133 e. The molecule has 3 rings (SSSR count). The van der Waals surface area contributed by atoms with E-state index in [1.807, 2.05) is 6.20 Å². The molecule has 0 atom stereocenters. The summed E-state index contributed by atoms with van der Waals surface area (Å²) in [6, 6.07) is 12.9. The highest BCUT2D eigenvalue weighted by Crippen LogP contribution is 2.32. The summed E-state index contributed by atoms with van der Waals surface area (Å²) in [5.74, 6) is 1.06. The maximum Gasteiger partial charge on any atom is 0.133 e. The number of rotatable bonds is 4. The van der Waals surface area contributed by atoms with E-state index in [1.54, 1.807) is 0 Å². The van der Waals surface area contributed by atoms with Crippen molar-refractivity contribution in [2.24, 2.45) is 0 Å². The van der Waals surface area contributed by atoms with Gasteiger partial charge in [0.15, 0.2) is 0 Å². The molecular formula is C17H21N3. The van der Waals surface area contributed by atoms with Crippen molar-refractivity contribution < 1.29 is 0 Å². The Bertz CT molecular complexity index is 580. The fraction of sp³-hybridized carbons (Fsp3) is 0.353. The largest absolute Gasteiger partial charge is 0.326 e. The molecular weight excluding hydrogens is 246 g/mol. The Morgan fingerprint density at radius 2 is 2.15 bits per heavy atom. The summed E-state index contributed by atoms with van der Waals surface area (Å²) in [5.41, 5.74) is 4.03. The number of pyridine rings is 1. The molecule has 1 aliphatic heterocycles. The van der Waals surface area contributed by atoms with Crippen LogP contribution in [0.5, 0.6) is 0 Å². The lowest BCUT2D eigenvalue weighted by Crippen LogP contribution is -2.25. The maximum absolute atomic E-state index is 4.57. The number of nitrogens with zero attached hydrogens (tertiary/aromatic N) is 2. The Labute approximate surface area is 120 Å². The molecule has 1 N–H and O–H groups in total. The molecule has 2 heterocycles. The van der Waals surface area contributed by atoms with Gasteiger partial charge in [-0.1, -0.05) is 25.1 Å². The van der Waals surface area contributed by atoms with Crippen molar-refractivity contribution >= 4 is 11.5 Å². The lowest BCUT2D eigenvalue weighted by Gasteiger charge is -2.30.